The first kappa shape index (κ1) is 12.7. The van der Waals surface area contributed by atoms with Crippen LogP contribution in [0.1, 0.15) is 29.9 Å². The van der Waals surface area contributed by atoms with Gasteiger partial charge in [0.2, 0.25) is 10.0 Å². The molecule has 0 unspecified atom stereocenters. The summed E-state index contributed by atoms with van der Waals surface area (Å²) in [5.41, 5.74) is 1.52. The Morgan fingerprint density at radius 3 is 2.41 bits per heavy atom. The number of benzene rings is 1. The average Bonchev–Trinajstić information content (AvgIpc) is 2.16. The van der Waals surface area contributed by atoms with Crippen molar-refractivity contribution in [1.29, 1.82) is 0 Å². The molecule has 1 aliphatic rings. The van der Waals surface area contributed by atoms with Gasteiger partial charge in [-0.15, -0.1) is 0 Å². The zero-order chi connectivity index (χ0) is 12.8. The summed E-state index contributed by atoms with van der Waals surface area (Å²) >= 11 is 3.36. The van der Waals surface area contributed by atoms with Crippen LogP contribution >= 0.6 is 15.9 Å². The molecule has 2 rings (SSSR count). The number of carbonyl (C=O) groups excluding carboxylic acids is 1. The lowest BCUT2D eigenvalue weighted by Gasteiger charge is -2.28. The van der Waals surface area contributed by atoms with E-state index >= 15 is 0 Å². The number of hydrogen-bond acceptors (Lipinski definition) is 3. The van der Waals surface area contributed by atoms with E-state index < -0.39 is 10.0 Å². The van der Waals surface area contributed by atoms with Gasteiger partial charge in [-0.3, -0.25) is 4.79 Å². The molecule has 0 aromatic heterocycles. The largest absolute Gasteiger partial charge is 0.300 e. The second-order valence-corrected chi connectivity index (χ2v) is 6.66. The molecule has 0 atom stereocenters. The number of ketones is 1. The van der Waals surface area contributed by atoms with Gasteiger partial charge in [0.1, 0.15) is 5.78 Å². The van der Waals surface area contributed by atoms with Gasteiger partial charge in [0.15, 0.2) is 0 Å². The maximum atomic E-state index is 11.5. The zero-order valence-electron chi connectivity index (χ0n) is 9.23. The standard InChI is InChI=1S/C11H12BrNO3S/c1-6-9(12)2-3-10(17(13,15)16)11(6)7-4-8(14)5-7/h2-3,7H,4-5H2,1H3,(H2,13,15,16). The van der Waals surface area contributed by atoms with E-state index in [0.717, 1.165) is 10.0 Å². The van der Waals surface area contributed by atoms with Crippen LogP contribution in [0.15, 0.2) is 21.5 Å². The van der Waals surface area contributed by atoms with Crippen LogP contribution in [0, 0.1) is 6.92 Å². The number of halogens is 1. The third-order valence-electron chi connectivity index (χ3n) is 3.07. The van der Waals surface area contributed by atoms with Crippen LogP contribution in [-0.4, -0.2) is 14.2 Å². The number of sulfonamides is 1. The highest BCUT2D eigenvalue weighted by Gasteiger charge is 2.33. The molecule has 92 valence electrons. The van der Waals surface area contributed by atoms with Gasteiger partial charge in [0.25, 0.3) is 0 Å². The summed E-state index contributed by atoms with van der Waals surface area (Å²) < 4.78 is 23.9. The Balaban J connectivity index is 2.61. The molecule has 1 aliphatic carbocycles. The number of rotatable bonds is 2. The van der Waals surface area contributed by atoms with Gasteiger partial charge in [-0.05, 0) is 36.1 Å². The van der Waals surface area contributed by atoms with E-state index in [2.05, 4.69) is 15.9 Å². The van der Waals surface area contributed by atoms with Crippen LogP contribution < -0.4 is 5.14 Å². The van der Waals surface area contributed by atoms with Crippen LogP contribution in [0.25, 0.3) is 0 Å². The second-order valence-electron chi connectivity index (χ2n) is 4.27. The molecule has 0 saturated heterocycles. The SMILES string of the molecule is Cc1c(Br)ccc(S(N)(=O)=O)c1C1CC(=O)C1. The van der Waals surface area contributed by atoms with Crippen molar-refractivity contribution in [3.8, 4) is 0 Å². The Morgan fingerprint density at radius 1 is 1.35 bits per heavy atom. The minimum absolute atomic E-state index is 0.0201. The van der Waals surface area contributed by atoms with Gasteiger partial charge in [-0.2, -0.15) is 0 Å². The van der Waals surface area contributed by atoms with Crippen molar-refractivity contribution >= 4 is 31.7 Å². The average molecular weight is 318 g/mol. The van der Waals surface area contributed by atoms with E-state index in [1.54, 1.807) is 6.07 Å². The monoisotopic (exact) mass is 317 g/mol. The highest BCUT2D eigenvalue weighted by Crippen LogP contribution is 2.40. The molecule has 1 saturated carbocycles. The van der Waals surface area contributed by atoms with Crippen LogP contribution in [0.2, 0.25) is 0 Å². The molecule has 0 radical (unpaired) electrons. The number of nitrogens with two attached hydrogens (primary N) is 1. The fourth-order valence-corrected chi connectivity index (χ4v) is 3.36. The quantitative estimate of drug-likeness (QED) is 0.904. The summed E-state index contributed by atoms with van der Waals surface area (Å²) in [4.78, 5) is 11.2. The summed E-state index contributed by atoms with van der Waals surface area (Å²) in [7, 11) is -3.74. The van der Waals surface area contributed by atoms with Gasteiger partial charge in [0, 0.05) is 17.3 Å². The Morgan fingerprint density at radius 2 is 1.94 bits per heavy atom. The highest BCUT2D eigenvalue weighted by atomic mass is 79.9. The number of Topliss-reactive ketones (excluding diaryl/α,β-unsaturated/α-hetero) is 1. The summed E-state index contributed by atoms with van der Waals surface area (Å²) in [6.07, 6.45) is 0.805. The molecule has 17 heavy (non-hydrogen) atoms. The van der Waals surface area contributed by atoms with E-state index in [-0.39, 0.29) is 16.6 Å². The van der Waals surface area contributed by atoms with Crippen molar-refractivity contribution in [2.24, 2.45) is 5.14 Å². The Labute approximate surface area is 108 Å². The van der Waals surface area contributed by atoms with E-state index in [1.165, 1.54) is 6.07 Å². The van der Waals surface area contributed by atoms with E-state index in [1.807, 2.05) is 6.92 Å². The fourth-order valence-electron chi connectivity index (χ4n) is 2.13. The first-order valence-electron chi connectivity index (χ1n) is 5.14. The minimum Gasteiger partial charge on any atom is -0.300 e. The normalized spacial score (nSPS) is 17.0. The maximum absolute atomic E-state index is 11.5. The highest BCUT2D eigenvalue weighted by molar-refractivity contribution is 9.10. The molecule has 0 aliphatic heterocycles. The number of primary sulfonamides is 1. The molecule has 2 N–H and O–H groups in total. The number of hydrogen-bond donors (Lipinski definition) is 1. The topological polar surface area (TPSA) is 77.2 Å². The molecule has 0 heterocycles. The van der Waals surface area contributed by atoms with E-state index in [4.69, 9.17) is 5.14 Å². The Bertz CT molecular complexity index is 587. The van der Waals surface area contributed by atoms with Crippen molar-refractivity contribution in [2.45, 2.75) is 30.6 Å². The van der Waals surface area contributed by atoms with Crippen molar-refractivity contribution in [3.05, 3.63) is 27.7 Å². The van der Waals surface area contributed by atoms with Crippen LogP contribution in [0.5, 0.6) is 0 Å². The summed E-state index contributed by atoms with van der Waals surface area (Å²) in [6, 6.07) is 3.16. The third-order valence-corrected chi connectivity index (χ3v) is 4.90. The molecule has 1 aromatic rings. The second kappa shape index (κ2) is 4.19. The lowest BCUT2D eigenvalue weighted by Crippen LogP contribution is -2.25. The Hall–Kier alpha value is -0.720. The van der Waals surface area contributed by atoms with E-state index in [9.17, 15) is 13.2 Å². The smallest absolute Gasteiger partial charge is 0.238 e. The van der Waals surface area contributed by atoms with Gasteiger partial charge in [0.05, 0.1) is 4.90 Å². The van der Waals surface area contributed by atoms with E-state index in [0.29, 0.717) is 18.4 Å². The summed E-state index contributed by atoms with van der Waals surface area (Å²) in [5.74, 6) is 0.142. The summed E-state index contributed by atoms with van der Waals surface area (Å²) in [6.45, 7) is 1.83. The predicted octanol–water partition coefficient (Wildman–Crippen LogP) is 1.85. The maximum Gasteiger partial charge on any atom is 0.238 e. The van der Waals surface area contributed by atoms with Crippen molar-refractivity contribution in [3.63, 3.8) is 0 Å². The first-order valence-corrected chi connectivity index (χ1v) is 7.48. The van der Waals surface area contributed by atoms with Gasteiger partial charge in [-0.25, -0.2) is 13.6 Å². The van der Waals surface area contributed by atoms with Gasteiger partial charge in [-0.1, -0.05) is 15.9 Å². The van der Waals surface area contributed by atoms with Crippen LogP contribution in [0.4, 0.5) is 0 Å². The molecule has 1 fully saturated rings. The van der Waals surface area contributed by atoms with Crippen LogP contribution in [-0.2, 0) is 14.8 Å². The number of carbonyl (C=O) groups is 1. The summed E-state index contributed by atoms with van der Waals surface area (Å²) in [5, 5.41) is 5.20. The first-order chi connectivity index (χ1) is 7.80. The minimum atomic E-state index is -3.74. The fraction of sp³-hybridized carbons (Fsp3) is 0.364. The predicted molar refractivity (Wildman–Crippen MR) is 67.2 cm³/mol. The van der Waals surface area contributed by atoms with Gasteiger partial charge < -0.3 is 0 Å². The lowest BCUT2D eigenvalue weighted by atomic mass is 9.77. The van der Waals surface area contributed by atoms with Crippen molar-refractivity contribution < 1.29 is 13.2 Å². The molecular weight excluding hydrogens is 306 g/mol. The Kier molecular flexibility index (Phi) is 3.14. The van der Waals surface area contributed by atoms with Crippen LogP contribution in [0.3, 0.4) is 0 Å². The van der Waals surface area contributed by atoms with Gasteiger partial charge >= 0.3 is 0 Å². The molecule has 0 spiro atoms. The zero-order valence-corrected chi connectivity index (χ0v) is 11.6. The molecule has 4 nitrogen and oxygen atoms in total. The molecular formula is C11H12BrNO3S. The molecule has 0 amide bonds. The molecule has 6 heteroatoms. The third kappa shape index (κ3) is 2.29. The molecule has 0 bridgehead atoms. The van der Waals surface area contributed by atoms with Crippen molar-refractivity contribution in [2.75, 3.05) is 0 Å². The molecule has 1 aromatic carbocycles. The van der Waals surface area contributed by atoms with Crippen molar-refractivity contribution in [1.82, 2.24) is 0 Å². The lowest BCUT2D eigenvalue weighted by molar-refractivity contribution is -0.124.